The first-order valence-corrected chi connectivity index (χ1v) is 6.93. The van der Waals surface area contributed by atoms with Crippen molar-refractivity contribution in [1.82, 2.24) is 4.90 Å². The van der Waals surface area contributed by atoms with Crippen LogP contribution in [0.4, 0.5) is 11.4 Å². The molecule has 1 aromatic carbocycles. The molecule has 2 amide bonds. The van der Waals surface area contributed by atoms with Crippen LogP contribution in [0.5, 0.6) is 0 Å². The van der Waals surface area contributed by atoms with Crippen molar-refractivity contribution >= 4 is 34.8 Å². The predicted octanol–water partition coefficient (Wildman–Crippen LogP) is 1.97. The van der Waals surface area contributed by atoms with Gasteiger partial charge in [0.1, 0.15) is 0 Å². The summed E-state index contributed by atoms with van der Waals surface area (Å²) in [5.41, 5.74) is 1.54. The van der Waals surface area contributed by atoms with E-state index in [9.17, 15) is 9.59 Å². The van der Waals surface area contributed by atoms with Crippen molar-refractivity contribution in [2.45, 2.75) is 13.8 Å². The van der Waals surface area contributed by atoms with Crippen molar-refractivity contribution in [3.05, 3.63) is 23.2 Å². The predicted molar refractivity (Wildman–Crippen MR) is 80.2 cm³/mol. The van der Waals surface area contributed by atoms with E-state index in [-0.39, 0.29) is 11.8 Å². The van der Waals surface area contributed by atoms with Crippen LogP contribution in [0, 0.1) is 0 Å². The number of nitrogens with one attached hydrogen (secondary N) is 1. The number of halogens is 1. The van der Waals surface area contributed by atoms with Crippen LogP contribution < -0.4 is 10.2 Å². The summed E-state index contributed by atoms with van der Waals surface area (Å²) in [7, 11) is 0. The highest BCUT2D eigenvalue weighted by molar-refractivity contribution is 6.34. The van der Waals surface area contributed by atoms with E-state index in [1.165, 1.54) is 6.92 Å². The van der Waals surface area contributed by atoms with E-state index in [0.717, 1.165) is 5.69 Å². The molecule has 0 radical (unpaired) electrons. The van der Waals surface area contributed by atoms with Crippen molar-refractivity contribution in [2.24, 2.45) is 0 Å². The molecule has 1 fully saturated rings. The average molecular weight is 296 g/mol. The molecule has 1 saturated heterocycles. The molecule has 0 bridgehead atoms. The van der Waals surface area contributed by atoms with E-state index >= 15 is 0 Å². The summed E-state index contributed by atoms with van der Waals surface area (Å²) >= 11 is 6.27. The smallest absolute Gasteiger partial charge is 0.221 e. The second-order valence-corrected chi connectivity index (χ2v) is 5.22. The number of carbonyl (C=O) groups is 2. The molecule has 108 valence electrons. The molecule has 0 aliphatic carbocycles. The van der Waals surface area contributed by atoms with Crippen molar-refractivity contribution in [3.8, 4) is 0 Å². The Morgan fingerprint density at radius 2 is 1.80 bits per heavy atom. The molecule has 0 aromatic heterocycles. The summed E-state index contributed by atoms with van der Waals surface area (Å²) in [5, 5.41) is 3.40. The number of rotatable bonds is 2. The second kappa shape index (κ2) is 6.13. The number of benzene rings is 1. The first-order valence-electron chi connectivity index (χ1n) is 6.55. The quantitative estimate of drug-likeness (QED) is 0.907. The lowest BCUT2D eigenvalue weighted by atomic mass is 10.2. The minimum absolute atomic E-state index is 0.0888. The summed E-state index contributed by atoms with van der Waals surface area (Å²) in [6, 6.07) is 5.45. The van der Waals surface area contributed by atoms with Gasteiger partial charge in [0.05, 0.1) is 16.4 Å². The third kappa shape index (κ3) is 3.22. The SMILES string of the molecule is CC(=O)Nc1cccc(Cl)c1N1CCN(C(C)=O)CC1. The number of para-hydroxylation sites is 1. The molecule has 0 spiro atoms. The number of piperazine rings is 1. The number of hydrogen-bond donors (Lipinski definition) is 1. The Hall–Kier alpha value is -1.75. The third-order valence-corrected chi connectivity index (χ3v) is 3.64. The van der Waals surface area contributed by atoms with Gasteiger partial charge in [0.25, 0.3) is 0 Å². The van der Waals surface area contributed by atoms with Gasteiger partial charge in [0.2, 0.25) is 11.8 Å². The van der Waals surface area contributed by atoms with Crippen LogP contribution >= 0.6 is 11.6 Å². The monoisotopic (exact) mass is 295 g/mol. The van der Waals surface area contributed by atoms with Gasteiger partial charge in [-0.15, -0.1) is 0 Å². The van der Waals surface area contributed by atoms with Crippen molar-refractivity contribution in [1.29, 1.82) is 0 Å². The van der Waals surface area contributed by atoms with Crippen molar-refractivity contribution in [3.63, 3.8) is 0 Å². The van der Waals surface area contributed by atoms with Gasteiger partial charge < -0.3 is 15.1 Å². The summed E-state index contributed by atoms with van der Waals surface area (Å²) in [4.78, 5) is 26.5. The lowest BCUT2D eigenvalue weighted by Gasteiger charge is -2.36. The minimum Gasteiger partial charge on any atom is -0.365 e. The van der Waals surface area contributed by atoms with E-state index in [0.29, 0.717) is 36.9 Å². The molecule has 0 atom stereocenters. The first kappa shape index (κ1) is 14.7. The van der Waals surface area contributed by atoms with E-state index in [4.69, 9.17) is 11.6 Å². The van der Waals surface area contributed by atoms with Crippen LogP contribution in [0.3, 0.4) is 0 Å². The summed E-state index contributed by atoms with van der Waals surface area (Å²) in [6.45, 7) is 5.79. The summed E-state index contributed by atoms with van der Waals surface area (Å²) in [6.07, 6.45) is 0. The number of nitrogens with zero attached hydrogens (tertiary/aromatic N) is 2. The Morgan fingerprint density at radius 1 is 1.15 bits per heavy atom. The topological polar surface area (TPSA) is 52.7 Å². The van der Waals surface area contributed by atoms with Gasteiger partial charge in [-0.2, -0.15) is 0 Å². The van der Waals surface area contributed by atoms with Gasteiger partial charge in [-0.1, -0.05) is 17.7 Å². The Balaban J connectivity index is 2.20. The third-order valence-electron chi connectivity index (χ3n) is 3.34. The zero-order chi connectivity index (χ0) is 14.7. The first-order chi connectivity index (χ1) is 9.49. The fraction of sp³-hybridized carbons (Fsp3) is 0.429. The molecule has 1 N–H and O–H groups in total. The fourth-order valence-electron chi connectivity index (χ4n) is 2.37. The molecule has 0 saturated carbocycles. The van der Waals surface area contributed by atoms with Crippen LogP contribution in [-0.2, 0) is 9.59 Å². The van der Waals surface area contributed by atoms with Gasteiger partial charge in [-0.3, -0.25) is 9.59 Å². The molecule has 20 heavy (non-hydrogen) atoms. The van der Waals surface area contributed by atoms with E-state index in [1.807, 2.05) is 17.0 Å². The second-order valence-electron chi connectivity index (χ2n) is 4.81. The molecular formula is C14H18ClN3O2. The zero-order valence-electron chi connectivity index (χ0n) is 11.6. The summed E-state index contributed by atoms with van der Waals surface area (Å²) in [5.74, 6) is -0.0400. The lowest BCUT2D eigenvalue weighted by molar-refractivity contribution is -0.129. The molecule has 6 heteroatoms. The average Bonchev–Trinajstić information content (AvgIpc) is 2.38. The van der Waals surface area contributed by atoms with Crippen molar-refractivity contribution < 1.29 is 9.59 Å². The number of carbonyl (C=O) groups excluding carboxylic acids is 2. The maximum atomic E-state index is 11.3. The van der Waals surface area contributed by atoms with E-state index in [2.05, 4.69) is 10.2 Å². The molecule has 0 unspecified atom stereocenters. The van der Waals surface area contributed by atoms with Gasteiger partial charge in [-0.25, -0.2) is 0 Å². The molecule has 1 heterocycles. The lowest BCUT2D eigenvalue weighted by Crippen LogP contribution is -2.48. The van der Waals surface area contributed by atoms with Gasteiger partial charge in [0, 0.05) is 40.0 Å². The highest BCUT2D eigenvalue weighted by Crippen LogP contribution is 2.34. The molecule has 1 aromatic rings. The van der Waals surface area contributed by atoms with Crippen LogP contribution in [0.25, 0.3) is 0 Å². The largest absolute Gasteiger partial charge is 0.365 e. The van der Waals surface area contributed by atoms with Crippen LogP contribution in [-0.4, -0.2) is 42.9 Å². The molecule has 5 nitrogen and oxygen atoms in total. The van der Waals surface area contributed by atoms with Gasteiger partial charge >= 0.3 is 0 Å². The van der Waals surface area contributed by atoms with Gasteiger partial charge in [0.15, 0.2) is 0 Å². The Bertz CT molecular complexity index is 525. The maximum Gasteiger partial charge on any atom is 0.221 e. The van der Waals surface area contributed by atoms with Crippen LogP contribution in [0.1, 0.15) is 13.8 Å². The van der Waals surface area contributed by atoms with E-state index in [1.54, 1.807) is 13.0 Å². The highest BCUT2D eigenvalue weighted by atomic mass is 35.5. The molecule has 1 aliphatic heterocycles. The Kier molecular flexibility index (Phi) is 4.49. The van der Waals surface area contributed by atoms with Crippen molar-refractivity contribution in [2.75, 3.05) is 36.4 Å². The Morgan fingerprint density at radius 3 is 2.35 bits per heavy atom. The molecular weight excluding hydrogens is 278 g/mol. The minimum atomic E-state index is -0.129. The number of hydrogen-bond acceptors (Lipinski definition) is 3. The zero-order valence-corrected chi connectivity index (χ0v) is 12.4. The maximum absolute atomic E-state index is 11.3. The van der Waals surface area contributed by atoms with Crippen LogP contribution in [0.15, 0.2) is 18.2 Å². The normalized spacial score (nSPS) is 15.2. The molecule has 2 rings (SSSR count). The number of amides is 2. The van der Waals surface area contributed by atoms with E-state index < -0.39 is 0 Å². The summed E-state index contributed by atoms with van der Waals surface area (Å²) < 4.78 is 0. The van der Waals surface area contributed by atoms with Gasteiger partial charge in [-0.05, 0) is 12.1 Å². The molecule has 1 aliphatic rings. The standard InChI is InChI=1S/C14H18ClN3O2/c1-10(19)16-13-5-3-4-12(15)14(13)18-8-6-17(7-9-18)11(2)20/h3-5H,6-9H2,1-2H3,(H,16,19). The van der Waals surface area contributed by atoms with Crippen LogP contribution in [0.2, 0.25) is 5.02 Å². The fourth-order valence-corrected chi connectivity index (χ4v) is 2.67. The Labute approximate surface area is 123 Å². The highest BCUT2D eigenvalue weighted by Gasteiger charge is 2.22. The number of anilines is 2.